The predicted molar refractivity (Wildman–Crippen MR) is 218 cm³/mol. The first kappa shape index (κ1) is 29.9. The van der Waals surface area contributed by atoms with Crippen LogP contribution in [-0.2, 0) is 6.54 Å². The highest BCUT2D eigenvalue weighted by Crippen LogP contribution is 2.56. The van der Waals surface area contributed by atoms with E-state index in [0.29, 0.717) is 22.7 Å². The fourth-order valence-corrected chi connectivity index (χ4v) is 10.9. The number of hydrogen-bond acceptors (Lipinski definition) is 5. The minimum Gasteiger partial charge on any atom is -0.336 e. The Labute approximate surface area is 308 Å². The molecule has 0 bridgehead atoms. The molecule has 246 valence electrons. The van der Waals surface area contributed by atoms with E-state index in [4.69, 9.17) is 15.0 Å². The molecule has 1 aliphatic carbocycles. The molecule has 11 rings (SSSR count). The molecule has 0 saturated heterocycles. The van der Waals surface area contributed by atoms with Crippen molar-refractivity contribution in [3.05, 3.63) is 169 Å². The fraction of sp³-hybridized carbons (Fsp3) is 0.0652. The monoisotopic (exact) mass is 702 g/mol. The van der Waals surface area contributed by atoms with Gasteiger partial charge in [0.15, 0.2) is 17.5 Å². The number of nitrogens with zero attached hydrogens (tertiary/aromatic N) is 4. The molecule has 0 fully saturated rings. The zero-order valence-electron chi connectivity index (χ0n) is 28.0. The summed E-state index contributed by atoms with van der Waals surface area (Å²) < 4.78 is 5.03. The topological polar surface area (TPSA) is 43.6 Å². The number of hydrogen-bond donors (Lipinski definition) is 0. The van der Waals surface area contributed by atoms with E-state index in [1.165, 1.54) is 58.0 Å². The summed E-state index contributed by atoms with van der Waals surface area (Å²) in [7, 11) is 0. The molecule has 0 saturated carbocycles. The van der Waals surface area contributed by atoms with Gasteiger partial charge in [-0.3, -0.25) is 0 Å². The van der Waals surface area contributed by atoms with E-state index >= 15 is 0 Å². The van der Waals surface area contributed by atoms with Crippen molar-refractivity contribution in [2.45, 2.75) is 22.6 Å². The molecular formula is C46H30N4S2. The molecule has 0 N–H and O–H groups in total. The number of benzene rings is 6. The molecule has 0 radical (unpaired) electrons. The van der Waals surface area contributed by atoms with Gasteiger partial charge >= 0.3 is 0 Å². The van der Waals surface area contributed by atoms with Gasteiger partial charge in [-0.05, 0) is 41.5 Å². The van der Waals surface area contributed by atoms with Gasteiger partial charge in [-0.2, -0.15) is 0 Å². The van der Waals surface area contributed by atoms with Crippen molar-refractivity contribution >= 4 is 65.1 Å². The average Bonchev–Trinajstić information content (AvgIpc) is 3.88. The summed E-state index contributed by atoms with van der Waals surface area (Å²) >= 11 is 3.85. The lowest BCUT2D eigenvalue weighted by Gasteiger charge is -2.25. The van der Waals surface area contributed by atoms with E-state index in [0.717, 1.165) is 23.2 Å². The Balaban J connectivity index is 1.08. The van der Waals surface area contributed by atoms with Gasteiger partial charge < -0.3 is 4.57 Å². The van der Waals surface area contributed by atoms with Crippen LogP contribution in [0.3, 0.4) is 0 Å². The number of aromatic nitrogens is 4. The van der Waals surface area contributed by atoms with Crippen LogP contribution in [0.25, 0.3) is 76.1 Å². The van der Waals surface area contributed by atoms with Crippen LogP contribution in [0.4, 0.5) is 0 Å². The summed E-state index contributed by atoms with van der Waals surface area (Å²) in [5.41, 5.74) is 8.46. The van der Waals surface area contributed by atoms with Crippen molar-refractivity contribution in [2.24, 2.45) is 0 Å². The number of para-hydroxylation sites is 2. The summed E-state index contributed by atoms with van der Waals surface area (Å²) in [4.78, 5) is 16.6. The Bertz CT molecular complexity index is 2810. The second-order valence-corrected chi connectivity index (χ2v) is 15.8. The van der Waals surface area contributed by atoms with Crippen molar-refractivity contribution in [1.82, 2.24) is 19.5 Å². The number of rotatable bonds is 5. The van der Waals surface area contributed by atoms with Crippen molar-refractivity contribution < 1.29 is 0 Å². The normalized spacial score (nSPS) is 16.5. The third kappa shape index (κ3) is 4.64. The number of fused-ring (bicyclic) bond motifs is 10. The molecule has 9 aromatic rings. The lowest BCUT2D eigenvalue weighted by molar-refractivity contribution is 0.722. The smallest absolute Gasteiger partial charge is 0.165 e. The standard InChI is InChI=1S/C46H30N4S2/c1-3-13-28(14-4-1)44-47-45(29-15-5-2-6-16-29)49-46(48-44)34-21-12-20-33-41-38(52-43(33)34)25-26-39-42(41)40-30(17-11-24-37(40)51-39)27-50-35-22-9-7-18-31(35)32-19-8-10-23-36(32)50/h1-26,37,40H,27H2. The van der Waals surface area contributed by atoms with Crippen LogP contribution in [0.1, 0.15) is 11.5 Å². The minimum atomic E-state index is 0.279. The lowest BCUT2D eigenvalue weighted by atomic mass is 9.83. The molecule has 2 aliphatic rings. The molecule has 0 spiro atoms. The molecule has 2 unspecified atom stereocenters. The van der Waals surface area contributed by atoms with Gasteiger partial charge in [0, 0.05) is 81.3 Å². The summed E-state index contributed by atoms with van der Waals surface area (Å²) in [6, 6.07) is 49.4. The molecular weight excluding hydrogens is 673 g/mol. The summed E-state index contributed by atoms with van der Waals surface area (Å²) in [6.45, 7) is 0.846. The maximum absolute atomic E-state index is 5.12. The molecule has 0 amide bonds. The second kappa shape index (κ2) is 11.9. The highest BCUT2D eigenvalue weighted by Gasteiger charge is 2.38. The maximum Gasteiger partial charge on any atom is 0.165 e. The number of thioether (sulfide) groups is 1. The molecule has 6 aromatic carbocycles. The van der Waals surface area contributed by atoms with Crippen molar-refractivity contribution in [3.8, 4) is 34.2 Å². The fourth-order valence-electron chi connectivity index (χ4n) is 8.24. The quantitative estimate of drug-likeness (QED) is 0.179. The van der Waals surface area contributed by atoms with Gasteiger partial charge in [0.2, 0.25) is 0 Å². The zero-order valence-corrected chi connectivity index (χ0v) is 29.6. The van der Waals surface area contributed by atoms with Gasteiger partial charge in [-0.15, -0.1) is 23.1 Å². The first-order valence-corrected chi connectivity index (χ1v) is 19.3. The Kier molecular flexibility index (Phi) is 6.82. The number of allylic oxidation sites excluding steroid dienone is 3. The van der Waals surface area contributed by atoms with Crippen molar-refractivity contribution in [3.63, 3.8) is 0 Å². The largest absolute Gasteiger partial charge is 0.336 e. The van der Waals surface area contributed by atoms with Crippen LogP contribution >= 0.6 is 23.1 Å². The van der Waals surface area contributed by atoms with Crippen molar-refractivity contribution in [2.75, 3.05) is 0 Å². The van der Waals surface area contributed by atoms with Gasteiger partial charge in [-0.25, -0.2) is 15.0 Å². The second-order valence-electron chi connectivity index (χ2n) is 13.5. The van der Waals surface area contributed by atoms with Crippen molar-refractivity contribution in [1.29, 1.82) is 0 Å². The van der Waals surface area contributed by atoms with Crippen LogP contribution in [0, 0.1) is 0 Å². The lowest BCUT2D eigenvalue weighted by Crippen LogP contribution is -2.17. The first-order chi connectivity index (χ1) is 25.8. The third-order valence-electron chi connectivity index (χ3n) is 10.5. The summed E-state index contributed by atoms with van der Waals surface area (Å²) in [5.74, 6) is 2.33. The Morgan fingerprint density at radius 3 is 1.88 bits per heavy atom. The van der Waals surface area contributed by atoms with E-state index in [9.17, 15) is 0 Å². The Morgan fingerprint density at radius 2 is 1.19 bits per heavy atom. The third-order valence-corrected chi connectivity index (χ3v) is 13.1. The van der Waals surface area contributed by atoms with E-state index in [1.807, 2.05) is 59.5 Å². The van der Waals surface area contributed by atoms with E-state index < -0.39 is 0 Å². The SMILES string of the molecule is C1=CC2Sc3ccc4sc5c(-c6nc(-c7ccccc7)nc(-c7ccccc7)n6)cccc5c4c3C2C(Cn2c3ccccc3c3ccccc32)=C1. The number of thiophene rings is 1. The van der Waals surface area contributed by atoms with E-state index in [2.05, 4.69) is 126 Å². The van der Waals surface area contributed by atoms with Gasteiger partial charge in [0.25, 0.3) is 0 Å². The van der Waals surface area contributed by atoms with Crippen LogP contribution in [0.15, 0.2) is 168 Å². The maximum atomic E-state index is 5.12. The first-order valence-electron chi connectivity index (χ1n) is 17.6. The van der Waals surface area contributed by atoms with Crippen LogP contribution in [0.2, 0.25) is 0 Å². The van der Waals surface area contributed by atoms with Gasteiger partial charge in [0.05, 0.1) is 0 Å². The van der Waals surface area contributed by atoms with Crippen LogP contribution in [-0.4, -0.2) is 24.8 Å². The highest BCUT2D eigenvalue weighted by molar-refractivity contribution is 8.00. The zero-order chi connectivity index (χ0) is 34.2. The molecule has 4 nitrogen and oxygen atoms in total. The van der Waals surface area contributed by atoms with Gasteiger partial charge in [0.1, 0.15) is 0 Å². The molecule has 3 aromatic heterocycles. The van der Waals surface area contributed by atoms with Gasteiger partial charge in [-0.1, -0.05) is 127 Å². The Hall–Kier alpha value is -5.82. The van der Waals surface area contributed by atoms with E-state index in [1.54, 1.807) is 0 Å². The summed E-state index contributed by atoms with van der Waals surface area (Å²) in [6.07, 6.45) is 7.05. The molecule has 52 heavy (non-hydrogen) atoms. The molecule has 6 heteroatoms. The molecule has 1 aliphatic heterocycles. The predicted octanol–water partition coefficient (Wildman–Crippen LogP) is 12.1. The molecule has 2 atom stereocenters. The minimum absolute atomic E-state index is 0.279. The van der Waals surface area contributed by atoms with Crippen LogP contribution < -0.4 is 0 Å². The molecule has 4 heterocycles. The Morgan fingerprint density at radius 1 is 0.577 bits per heavy atom. The summed E-state index contributed by atoms with van der Waals surface area (Å²) in [5, 5.41) is 5.61. The van der Waals surface area contributed by atoms with Crippen LogP contribution in [0.5, 0.6) is 0 Å². The van der Waals surface area contributed by atoms with E-state index in [-0.39, 0.29) is 5.92 Å². The average molecular weight is 703 g/mol. The highest BCUT2D eigenvalue weighted by atomic mass is 32.2.